The number of hydrogen-bond acceptors (Lipinski definition) is 3. The van der Waals surface area contributed by atoms with E-state index < -0.39 is 4.92 Å². The van der Waals surface area contributed by atoms with Crippen LogP contribution in [0.15, 0.2) is 18.2 Å². The van der Waals surface area contributed by atoms with E-state index in [1.807, 2.05) is 0 Å². The summed E-state index contributed by atoms with van der Waals surface area (Å²) in [5, 5.41) is 14.2. The van der Waals surface area contributed by atoms with Crippen LogP contribution >= 0.6 is 0 Å². The quantitative estimate of drug-likeness (QED) is 0.596. The van der Waals surface area contributed by atoms with Crippen molar-refractivity contribution < 1.29 is 9.72 Å². The van der Waals surface area contributed by atoms with E-state index in [0.29, 0.717) is 11.1 Å². The van der Waals surface area contributed by atoms with E-state index in [2.05, 4.69) is 5.32 Å². The van der Waals surface area contributed by atoms with Gasteiger partial charge in [-0.3, -0.25) is 14.9 Å². The van der Waals surface area contributed by atoms with Crippen molar-refractivity contribution >= 4 is 11.6 Å². The average molecular weight is 346 g/mol. The summed E-state index contributed by atoms with van der Waals surface area (Å²) in [5.74, 6) is -0.182. The minimum Gasteiger partial charge on any atom is -0.349 e. The minimum atomic E-state index is -0.428. The molecular formula is C20H30N2O3. The van der Waals surface area contributed by atoms with Gasteiger partial charge >= 0.3 is 0 Å². The lowest BCUT2D eigenvalue weighted by Gasteiger charge is -2.20. The summed E-state index contributed by atoms with van der Waals surface area (Å²) in [4.78, 5) is 23.3. The van der Waals surface area contributed by atoms with Gasteiger partial charge in [-0.25, -0.2) is 0 Å². The van der Waals surface area contributed by atoms with Crippen molar-refractivity contribution in [3.63, 3.8) is 0 Å². The lowest BCUT2D eigenvalue weighted by molar-refractivity contribution is -0.385. The van der Waals surface area contributed by atoms with E-state index in [4.69, 9.17) is 0 Å². The van der Waals surface area contributed by atoms with Gasteiger partial charge in [0.2, 0.25) is 0 Å². The van der Waals surface area contributed by atoms with Crippen molar-refractivity contribution in [2.45, 2.75) is 83.6 Å². The molecule has 1 amide bonds. The first-order valence-electron chi connectivity index (χ1n) is 9.64. The number of carbonyl (C=O) groups is 1. The molecule has 5 nitrogen and oxygen atoms in total. The van der Waals surface area contributed by atoms with Crippen molar-refractivity contribution in [1.82, 2.24) is 5.32 Å². The topological polar surface area (TPSA) is 72.2 Å². The number of rotatable bonds is 3. The second-order valence-electron chi connectivity index (χ2n) is 7.14. The number of amides is 1. The maximum absolute atomic E-state index is 12.6. The fourth-order valence-corrected chi connectivity index (χ4v) is 3.64. The zero-order chi connectivity index (χ0) is 18.1. The third-order valence-corrected chi connectivity index (χ3v) is 5.19. The van der Waals surface area contributed by atoms with Crippen molar-refractivity contribution in [2.24, 2.45) is 0 Å². The Kier molecular flexibility index (Phi) is 7.89. The van der Waals surface area contributed by atoms with E-state index in [9.17, 15) is 14.9 Å². The van der Waals surface area contributed by atoms with Crippen molar-refractivity contribution in [2.75, 3.05) is 0 Å². The molecular weight excluding hydrogens is 316 g/mol. The Labute approximate surface area is 150 Å². The third kappa shape index (κ3) is 6.15. The highest BCUT2D eigenvalue weighted by Crippen LogP contribution is 2.22. The highest BCUT2D eigenvalue weighted by molar-refractivity contribution is 5.96. The molecule has 25 heavy (non-hydrogen) atoms. The predicted molar refractivity (Wildman–Crippen MR) is 99.9 cm³/mol. The fourth-order valence-electron chi connectivity index (χ4n) is 3.64. The molecule has 1 fully saturated rings. The Hall–Kier alpha value is -1.91. The molecule has 1 aliphatic carbocycles. The summed E-state index contributed by atoms with van der Waals surface area (Å²) in [6.07, 6.45) is 13.3. The van der Waals surface area contributed by atoms with Gasteiger partial charge in [0, 0.05) is 23.2 Å². The Bertz CT molecular complexity index is 574. The number of nitrogens with one attached hydrogen (secondary N) is 1. The van der Waals surface area contributed by atoms with Crippen LogP contribution in [0.3, 0.4) is 0 Å². The summed E-state index contributed by atoms with van der Waals surface area (Å²) in [5.41, 5.74) is 0.866. The molecule has 1 aliphatic rings. The van der Waals surface area contributed by atoms with Crippen LogP contribution in [0, 0.1) is 17.0 Å². The monoisotopic (exact) mass is 346 g/mol. The van der Waals surface area contributed by atoms with Gasteiger partial charge in [0.25, 0.3) is 11.6 Å². The predicted octanol–water partition coefficient (Wildman–Crippen LogP) is 5.31. The Morgan fingerprint density at radius 1 is 1.00 bits per heavy atom. The molecule has 1 aromatic rings. The van der Waals surface area contributed by atoms with E-state index in [0.717, 1.165) is 25.7 Å². The van der Waals surface area contributed by atoms with Crippen LogP contribution in [0.2, 0.25) is 0 Å². The first-order valence-corrected chi connectivity index (χ1v) is 9.64. The number of hydrogen-bond donors (Lipinski definition) is 1. The zero-order valence-electron chi connectivity index (χ0n) is 15.3. The molecule has 0 aliphatic heterocycles. The number of nitro groups is 1. The van der Waals surface area contributed by atoms with Crippen LogP contribution < -0.4 is 5.32 Å². The molecule has 2 rings (SSSR count). The second-order valence-corrected chi connectivity index (χ2v) is 7.14. The smallest absolute Gasteiger partial charge is 0.273 e. The van der Waals surface area contributed by atoms with Crippen molar-refractivity contribution in [3.05, 3.63) is 39.4 Å². The van der Waals surface area contributed by atoms with Gasteiger partial charge < -0.3 is 5.32 Å². The second kappa shape index (κ2) is 10.2. The molecule has 1 saturated carbocycles. The Balaban J connectivity index is 2.01. The standard InChI is InChI=1S/C20H30N2O3/c1-16-18(14-11-15-19(16)22(24)25)20(23)21-17-12-9-7-5-3-2-4-6-8-10-13-17/h11,14-15,17H,2-10,12-13H2,1H3,(H,21,23). The summed E-state index contributed by atoms with van der Waals surface area (Å²) in [7, 11) is 0. The van der Waals surface area contributed by atoms with Crippen molar-refractivity contribution in [1.29, 1.82) is 0 Å². The van der Waals surface area contributed by atoms with Crippen molar-refractivity contribution in [3.8, 4) is 0 Å². The molecule has 0 saturated heterocycles. The molecule has 138 valence electrons. The van der Waals surface area contributed by atoms with Crippen LogP contribution in [0.25, 0.3) is 0 Å². The molecule has 1 aromatic carbocycles. The normalized spacial score (nSPS) is 18.0. The molecule has 5 heteroatoms. The minimum absolute atomic E-state index is 0.00587. The highest BCUT2D eigenvalue weighted by Gasteiger charge is 2.20. The summed E-state index contributed by atoms with van der Waals surface area (Å²) >= 11 is 0. The fraction of sp³-hybridized carbons (Fsp3) is 0.650. The third-order valence-electron chi connectivity index (χ3n) is 5.19. The van der Waals surface area contributed by atoms with E-state index in [1.165, 1.54) is 51.0 Å². The Morgan fingerprint density at radius 2 is 1.52 bits per heavy atom. The molecule has 0 unspecified atom stereocenters. The van der Waals surface area contributed by atoms with Gasteiger partial charge in [-0.15, -0.1) is 0 Å². The summed E-state index contributed by atoms with van der Waals surface area (Å²) < 4.78 is 0. The van der Waals surface area contributed by atoms with Crippen LogP contribution in [0.5, 0.6) is 0 Å². The molecule has 0 atom stereocenters. The van der Waals surface area contributed by atoms with Gasteiger partial charge in [-0.05, 0) is 25.8 Å². The van der Waals surface area contributed by atoms with E-state index in [1.54, 1.807) is 19.1 Å². The maximum atomic E-state index is 12.6. The number of benzene rings is 1. The lowest BCUT2D eigenvalue weighted by atomic mass is 9.97. The molecule has 1 N–H and O–H groups in total. The zero-order valence-corrected chi connectivity index (χ0v) is 15.3. The molecule has 0 aromatic heterocycles. The number of nitro benzene ring substituents is 1. The SMILES string of the molecule is Cc1c(C(=O)NC2CCCCCCCCCCC2)cccc1[N+](=O)[O-]. The van der Waals surface area contributed by atoms with E-state index >= 15 is 0 Å². The van der Waals surface area contributed by atoms with Crippen LogP contribution in [-0.4, -0.2) is 16.9 Å². The number of nitrogens with zero attached hydrogens (tertiary/aromatic N) is 1. The van der Waals surface area contributed by atoms with Gasteiger partial charge in [0.1, 0.15) is 0 Å². The average Bonchev–Trinajstić information content (AvgIpc) is 2.57. The van der Waals surface area contributed by atoms with Crippen LogP contribution in [-0.2, 0) is 0 Å². The van der Waals surface area contributed by atoms with Gasteiger partial charge in [0.15, 0.2) is 0 Å². The molecule has 0 spiro atoms. The van der Waals surface area contributed by atoms with Gasteiger partial charge in [0.05, 0.1) is 4.92 Å². The maximum Gasteiger partial charge on any atom is 0.273 e. The number of carbonyl (C=O) groups excluding carboxylic acids is 1. The molecule has 0 heterocycles. The summed E-state index contributed by atoms with van der Waals surface area (Å²) in [6.45, 7) is 1.65. The largest absolute Gasteiger partial charge is 0.349 e. The van der Waals surface area contributed by atoms with E-state index in [-0.39, 0.29) is 17.6 Å². The van der Waals surface area contributed by atoms with Gasteiger partial charge in [-0.2, -0.15) is 0 Å². The van der Waals surface area contributed by atoms with Crippen LogP contribution in [0.1, 0.15) is 86.6 Å². The molecule has 0 bridgehead atoms. The molecule has 0 radical (unpaired) electrons. The Morgan fingerprint density at radius 3 is 2.04 bits per heavy atom. The first-order chi connectivity index (χ1) is 12.1. The van der Waals surface area contributed by atoms with Crippen LogP contribution in [0.4, 0.5) is 5.69 Å². The van der Waals surface area contributed by atoms with Gasteiger partial charge in [-0.1, -0.05) is 63.9 Å². The lowest BCUT2D eigenvalue weighted by Crippen LogP contribution is -2.35. The first kappa shape index (κ1) is 19.4. The highest BCUT2D eigenvalue weighted by atomic mass is 16.6. The summed E-state index contributed by atoms with van der Waals surface area (Å²) in [6, 6.07) is 4.88.